The van der Waals surface area contributed by atoms with Crippen LogP contribution in [0.3, 0.4) is 0 Å². The van der Waals surface area contributed by atoms with Crippen molar-refractivity contribution in [1.82, 2.24) is 4.57 Å². The molecule has 100 valence electrons. The van der Waals surface area contributed by atoms with E-state index in [1.165, 1.54) is 10.8 Å². The smallest absolute Gasteiger partial charge is 0.310 e. The molecular weight excluding hydrogens is 260 g/mol. The second-order valence-corrected chi connectivity index (χ2v) is 5.61. The van der Waals surface area contributed by atoms with Gasteiger partial charge in [-0.1, -0.05) is 23.5 Å². The van der Waals surface area contributed by atoms with E-state index in [4.69, 9.17) is 0 Å². The molecule has 0 bridgehead atoms. The third-order valence-corrected chi connectivity index (χ3v) is 3.57. The first-order valence-corrected chi connectivity index (χ1v) is 6.85. The van der Waals surface area contributed by atoms with Gasteiger partial charge in [-0.05, 0) is 38.5 Å². The van der Waals surface area contributed by atoms with Crippen LogP contribution in [0.25, 0.3) is 0 Å². The Morgan fingerprint density at radius 1 is 1.42 bits per heavy atom. The maximum Gasteiger partial charge on any atom is 0.310 e. The van der Waals surface area contributed by atoms with E-state index in [0.29, 0.717) is 4.88 Å². The molecule has 0 amide bonds. The fourth-order valence-electron chi connectivity index (χ4n) is 1.77. The molecule has 0 fully saturated rings. The zero-order valence-corrected chi connectivity index (χ0v) is 11.9. The lowest BCUT2D eigenvalue weighted by Gasteiger charge is -2.05. The van der Waals surface area contributed by atoms with Crippen molar-refractivity contribution in [1.29, 1.82) is 0 Å². The van der Waals surface area contributed by atoms with Crippen molar-refractivity contribution in [3.05, 3.63) is 44.4 Å². The quantitative estimate of drug-likeness (QED) is 0.875. The molecule has 0 spiro atoms. The van der Waals surface area contributed by atoms with Crippen LogP contribution in [0.15, 0.2) is 34.1 Å². The third kappa shape index (κ3) is 2.93. The van der Waals surface area contributed by atoms with Crippen LogP contribution in [0.4, 0.5) is 5.69 Å². The van der Waals surface area contributed by atoms with E-state index in [1.54, 1.807) is 0 Å². The molecule has 1 aromatic carbocycles. The first kappa shape index (κ1) is 13.5. The fraction of sp³-hybridized carbons (Fsp3) is 0.286. The Morgan fingerprint density at radius 2 is 2.16 bits per heavy atom. The largest absolute Gasteiger partial charge is 0.493 e. The monoisotopic (exact) mass is 276 g/mol. The lowest BCUT2D eigenvalue weighted by Crippen LogP contribution is -2.14. The van der Waals surface area contributed by atoms with Gasteiger partial charge < -0.3 is 5.11 Å². The minimum atomic E-state index is -0.168. The van der Waals surface area contributed by atoms with Crippen LogP contribution in [0.2, 0.25) is 0 Å². The van der Waals surface area contributed by atoms with Crippen LogP contribution in [-0.2, 0) is 0 Å². The zero-order valence-electron chi connectivity index (χ0n) is 11.1. The molecule has 0 radical (unpaired) electrons. The van der Waals surface area contributed by atoms with Gasteiger partial charge in [-0.2, -0.15) is 0 Å². The highest BCUT2D eigenvalue weighted by atomic mass is 32.1. The second-order valence-electron chi connectivity index (χ2n) is 4.62. The van der Waals surface area contributed by atoms with Crippen molar-refractivity contribution >= 4 is 23.2 Å². The lowest BCUT2D eigenvalue weighted by atomic mass is 10.2. The Kier molecular flexibility index (Phi) is 3.85. The number of nitrogens with zero attached hydrogens (tertiary/aromatic N) is 2. The highest BCUT2D eigenvalue weighted by molar-refractivity contribution is 7.11. The minimum Gasteiger partial charge on any atom is -0.493 e. The van der Waals surface area contributed by atoms with Gasteiger partial charge in [0.15, 0.2) is 0 Å². The summed E-state index contributed by atoms with van der Waals surface area (Å²) < 4.78 is 1.36. The first-order valence-electron chi connectivity index (χ1n) is 6.04. The van der Waals surface area contributed by atoms with Crippen molar-refractivity contribution in [2.24, 2.45) is 4.99 Å². The lowest BCUT2D eigenvalue weighted by molar-refractivity contribution is 0.395. The van der Waals surface area contributed by atoms with Crippen molar-refractivity contribution in [2.75, 3.05) is 0 Å². The zero-order chi connectivity index (χ0) is 14.0. The molecule has 1 N–H and O–H groups in total. The van der Waals surface area contributed by atoms with E-state index in [0.717, 1.165) is 22.6 Å². The summed E-state index contributed by atoms with van der Waals surface area (Å²) >= 11 is 1.00. The number of aromatic hydroxyl groups is 1. The number of thiazole rings is 1. The average molecular weight is 276 g/mol. The fourth-order valence-corrected chi connectivity index (χ4v) is 2.65. The topological polar surface area (TPSA) is 54.6 Å². The van der Waals surface area contributed by atoms with E-state index >= 15 is 0 Å². The molecule has 1 heterocycles. The Bertz CT molecular complexity index is 668. The molecule has 0 atom stereocenters. The van der Waals surface area contributed by atoms with Gasteiger partial charge in [0, 0.05) is 6.04 Å². The Labute approximate surface area is 115 Å². The molecule has 0 unspecified atom stereocenters. The van der Waals surface area contributed by atoms with E-state index in [-0.39, 0.29) is 16.8 Å². The second kappa shape index (κ2) is 5.40. The van der Waals surface area contributed by atoms with E-state index in [2.05, 4.69) is 4.99 Å². The van der Waals surface area contributed by atoms with Crippen LogP contribution < -0.4 is 4.87 Å². The summed E-state index contributed by atoms with van der Waals surface area (Å²) in [5.74, 6) is -0.0126. The van der Waals surface area contributed by atoms with E-state index in [1.807, 2.05) is 45.0 Å². The molecule has 2 aromatic rings. The normalized spacial score (nSPS) is 11.6. The number of aryl methyl sites for hydroxylation is 1. The molecule has 5 heteroatoms. The van der Waals surface area contributed by atoms with Crippen LogP contribution in [0, 0.1) is 6.92 Å². The van der Waals surface area contributed by atoms with E-state index in [9.17, 15) is 9.90 Å². The van der Waals surface area contributed by atoms with Crippen LogP contribution in [0.1, 0.15) is 30.3 Å². The summed E-state index contributed by atoms with van der Waals surface area (Å²) in [6, 6.07) is 7.66. The van der Waals surface area contributed by atoms with Gasteiger partial charge >= 0.3 is 4.87 Å². The molecule has 19 heavy (non-hydrogen) atoms. The van der Waals surface area contributed by atoms with Gasteiger partial charge in [-0.3, -0.25) is 14.4 Å². The van der Waals surface area contributed by atoms with Crippen LogP contribution in [-0.4, -0.2) is 15.9 Å². The number of hydrogen-bond donors (Lipinski definition) is 1. The van der Waals surface area contributed by atoms with Crippen molar-refractivity contribution < 1.29 is 5.11 Å². The molecule has 0 saturated carbocycles. The predicted molar refractivity (Wildman–Crippen MR) is 79.1 cm³/mol. The third-order valence-electron chi connectivity index (χ3n) is 2.69. The minimum absolute atomic E-state index is 0.0126. The average Bonchev–Trinajstić information content (AvgIpc) is 2.62. The standard InChI is InChI=1S/C14H16N2O2S/c1-9(2)16-13(17)12(19-14(16)18)8-15-11-6-4-5-10(3)7-11/h4-9,17H,1-3H3. The van der Waals surface area contributed by atoms with Crippen molar-refractivity contribution in [3.63, 3.8) is 0 Å². The highest BCUT2D eigenvalue weighted by Gasteiger charge is 2.14. The molecule has 0 aliphatic heterocycles. The van der Waals surface area contributed by atoms with Crippen LogP contribution >= 0.6 is 11.3 Å². The van der Waals surface area contributed by atoms with Gasteiger partial charge in [0.2, 0.25) is 5.88 Å². The van der Waals surface area contributed by atoms with Gasteiger partial charge in [0.1, 0.15) is 4.88 Å². The summed E-state index contributed by atoms with van der Waals surface area (Å²) in [6.45, 7) is 5.70. The summed E-state index contributed by atoms with van der Waals surface area (Å²) in [4.78, 5) is 16.3. The van der Waals surface area contributed by atoms with Crippen molar-refractivity contribution in [3.8, 4) is 5.88 Å². The van der Waals surface area contributed by atoms with E-state index < -0.39 is 0 Å². The Hall–Kier alpha value is -1.88. The number of hydrogen-bond acceptors (Lipinski definition) is 4. The molecule has 0 aliphatic rings. The molecule has 4 nitrogen and oxygen atoms in total. The van der Waals surface area contributed by atoms with Gasteiger partial charge in [-0.15, -0.1) is 0 Å². The first-order chi connectivity index (χ1) is 8.99. The Morgan fingerprint density at radius 3 is 2.74 bits per heavy atom. The number of aromatic nitrogens is 1. The van der Waals surface area contributed by atoms with Crippen molar-refractivity contribution in [2.45, 2.75) is 26.8 Å². The maximum atomic E-state index is 11.7. The highest BCUT2D eigenvalue weighted by Crippen LogP contribution is 2.22. The predicted octanol–water partition coefficient (Wildman–Crippen LogP) is 3.26. The Balaban J connectivity index is 2.34. The molecule has 0 saturated heterocycles. The SMILES string of the molecule is Cc1cccc(N=Cc2sc(=O)n(C(C)C)c2O)c1. The molecular formula is C14H16N2O2S. The van der Waals surface area contributed by atoms with Gasteiger partial charge in [0.25, 0.3) is 0 Å². The molecule has 2 rings (SSSR count). The summed E-state index contributed by atoms with van der Waals surface area (Å²) in [5.41, 5.74) is 1.92. The number of aliphatic imine (C=N–C) groups is 1. The maximum absolute atomic E-state index is 11.7. The van der Waals surface area contributed by atoms with Gasteiger partial charge in [-0.25, -0.2) is 0 Å². The summed E-state index contributed by atoms with van der Waals surface area (Å²) in [6.07, 6.45) is 1.54. The number of benzene rings is 1. The molecule has 1 aromatic heterocycles. The number of rotatable bonds is 3. The summed E-state index contributed by atoms with van der Waals surface area (Å²) in [7, 11) is 0. The van der Waals surface area contributed by atoms with Gasteiger partial charge in [0.05, 0.1) is 11.9 Å². The summed E-state index contributed by atoms with van der Waals surface area (Å²) in [5, 5.41) is 9.99. The van der Waals surface area contributed by atoms with Crippen LogP contribution in [0.5, 0.6) is 5.88 Å². The molecule has 0 aliphatic carbocycles.